The van der Waals surface area contributed by atoms with Crippen LogP contribution in [0.3, 0.4) is 0 Å². The van der Waals surface area contributed by atoms with E-state index < -0.39 is 0 Å². The zero-order valence-electron chi connectivity index (χ0n) is 10.8. The van der Waals surface area contributed by atoms with E-state index >= 15 is 0 Å². The molecule has 0 N–H and O–H groups in total. The van der Waals surface area contributed by atoms with E-state index in [0.29, 0.717) is 0 Å². The van der Waals surface area contributed by atoms with Crippen molar-refractivity contribution in [1.82, 2.24) is 0 Å². The van der Waals surface area contributed by atoms with Crippen LogP contribution in [0.15, 0.2) is 48.6 Å². The van der Waals surface area contributed by atoms with Gasteiger partial charge in [-0.1, -0.05) is 6.07 Å². The number of rotatable bonds is 0. The van der Waals surface area contributed by atoms with Crippen LogP contribution in [-0.2, 0) is 21.7 Å². The van der Waals surface area contributed by atoms with Crippen LogP contribution in [0.25, 0.3) is 0 Å². The van der Waals surface area contributed by atoms with Crippen molar-refractivity contribution in [3.63, 3.8) is 0 Å². The fraction of sp³-hybridized carbons (Fsp3) is 0.0714. The first kappa shape index (κ1) is 36.2. The summed E-state index contributed by atoms with van der Waals surface area (Å²) in [5, 5.41) is 0. The number of hydrogen-bond acceptors (Lipinski definition) is 0. The van der Waals surface area contributed by atoms with Crippen LogP contribution in [0.1, 0.15) is 12.0 Å². The third kappa shape index (κ3) is 21.4. The van der Waals surface area contributed by atoms with E-state index in [9.17, 15) is 0 Å². The smallest absolute Gasteiger partial charge is 0.358 e. The molecule has 0 nitrogen and oxygen atoms in total. The van der Waals surface area contributed by atoms with Crippen molar-refractivity contribution in [2.24, 2.45) is 0 Å². The second-order valence-electron chi connectivity index (χ2n) is 2.49. The van der Waals surface area contributed by atoms with Crippen molar-refractivity contribution in [3.05, 3.63) is 82.0 Å². The van der Waals surface area contributed by atoms with Gasteiger partial charge in [0.15, 0.2) is 0 Å². The Morgan fingerprint density at radius 3 is 1.61 bits per heavy atom. The van der Waals surface area contributed by atoms with E-state index in [1.807, 2.05) is 42.5 Å². The first-order chi connectivity index (χ1) is 5.89. The molecule has 102 valence electrons. The first-order valence-electron chi connectivity index (χ1n) is 3.98. The van der Waals surface area contributed by atoms with Gasteiger partial charge in [-0.05, 0) is 0 Å². The van der Waals surface area contributed by atoms with Gasteiger partial charge in [0.05, 0.1) is 0 Å². The quantitative estimate of drug-likeness (QED) is 0.441. The van der Waals surface area contributed by atoms with Crippen LogP contribution in [-0.4, -0.2) is 0 Å². The van der Waals surface area contributed by atoms with Gasteiger partial charge < -0.3 is 14.9 Å². The molecule has 0 saturated heterocycles. The SMILES string of the molecule is Cl.Cl.Cl.[C-]1=CC=CC1.[CH2-]c1ccccc1.[CH3-].[CH3-].[Ti+4]. The second kappa shape index (κ2) is 25.9. The third-order valence-corrected chi connectivity index (χ3v) is 1.43. The minimum atomic E-state index is 0. The topological polar surface area (TPSA) is 0 Å². The Morgan fingerprint density at radius 2 is 1.44 bits per heavy atom. The van der Waals surface area contributed by atoms with Gasteiger partial charge >= 0.3 is 21.7 Å². The average molecular weight is 344 g/mol. The molecule has 0 radical (unpaired) electrons. The predicted molar refractivity (Wildman–Crippen MR) is 87.0 cm³/mol. The Hall–Kier alpha value is 0.154. The summed E-state index contributed by atoms with van der Waals surface area (Å²) in [5.74, 6) is 0. The number of allylic oxidation sites excluding steroid dienone is 4. The molecule has 0 fully saturated rings. The third-order valence-electron chi connectivity index (χ3n) is 1.43. The maximum atomic E-state index is 3.72. The van der Waals surface area contributed by atoms with Crippen molar-refractivity contribution >= 4 is 37.2 Å². The molecule has 0 spiro atoms. The van der Waals surface area contributed by atoms with E-state index in [1.165, 1.54) is 0 Å². The van der Waals surface area contributed by atoms with Crippen molar-refractivity contribution in [3.8, 4) is 0 Å². The Balaban J connectivity index is -0.0000000306. The van der Waals surface area contributed by atoms with Gasteiger partial charge in [-0.2, -0.15) is 30.7 Å². The van der Waals surface area contributed by atoms with Crippen molar-refractivity contribution in [1.29, 1.82) is 0 Å². The Morgan fingerprint density at radius 1 is 0.944 bits per heavy atom. The molecule has 0 saturated carbocycles. The van der Waals surface area contributed by atoms with Crippen molar-refractivity contribution < 1.29 is 21.7 Å². The van der Waals surface area contributed by atoms with Crippen LogP contribution >= 0.6 is 37.2 Å². The number of hydrogen-bond donors (Lipinski definition) is 0. The molecule has 0 bridgehead atoms. The fourth-order valence-electron chi connectivity index (χ4n) is 0.818. The number of halogens is 3. The molecular formula is C14H21Cl3Ti. The molecule has 0 amide bonds. The second-order valence-corrected chi connectivity index (χ2v) is 2.49. The van der Waals surface area contributed by atoms with Gasteiger partial charge in [-0.25, -0.2) is 12.2 Å². The van der Waals surface area contributed by atoms with Crippen LogP contribution in [0.2, 0.25) is 0 Å². The molecule has 0 aromatic heterocycles. The summed E-state index contributed by atoms with van der Waals surface area (Å²) in [6.45, 7) is 3.72. The summed E-state index contributed by atoms with van der Waals surface area (Å²) in [6.07, 6.45) is 10.0. The molecule has 1 aliphatic carbocycles. The van der Waals surface area contributed by atoms with Crippen molar-refractivity contribution in [2.75, 3.05) is 0 Å². The average Bonchev–Trinajstić information content (AvgIpc) is 2.62. The first-order valence-corrected chi connectivity index (χ1v) is 3.98. The van der Waals surface area contributed by atoms with Crippen LogP contribution in [0.4, 0.5) is 0 Å². The zero-order valence-corrected chi connectivity index (χ0v) is 14.8. The molecule has 2 rings (SSSR count). The van der Waals surface area contributed by atoms with Gasteiger partial charge in [0.1, 0.15) is 0 Å². The van der Waals surface area contributed by atoms with E-state index in [2.05, 4.69) is 19.1 Å². The van der Waals surface area contributed by atoms with Crippen LogP contribution < -0.4 is 0 Å². The molecule has 0 atom stereocenters. The predicted octanol–water partition coefficient (Wildman–Crippen LogP) is 5.34. The standard InChI is InChI=1S/C7H7.C5H5.2CH3.3ClH.Ti/c1-7-5-3-2-4-6-7;1-2-4-5-3-1;;;;;;/h2-6H,1H2;1-3H,4H2;2*1H3;3*1H;/q4*-1;;;;+4. The molecule has 1 aromatic carbocycles. The molecule has 18 heavy (non-hydrogen) atoms. The number of benzene rings is 1. The van der Waals surface area contributed by atoms with Crippen molar-refractivity contribution in [2.45, 2.75) is 6.42 Å². The summed E-state index contributed by atoms with van der Waals surface area (Å²) in [4.78, 5) is 0. The van der Waals surface area contributed by atoms with Gasteiger partial charge in [0, 0.05) is 0 Å². The van der Waals surface area contributed by atoms with Gasteiger partial charge in [0.25, 0.3) is 0 Å². The summed E-state index contributed by atoms with van der Waals surface area (Å²) in [7, 11) is 0. The molecule has 1 aromatic rings. The largest absolute Gasteiger partial charge is 4.00 e. The minimum absolute atomic E-state index is 0. The summed E-state index contributed by atoms with van der Waals surface area (Å²) >= 11 is 0. The van der Waals surface area contributed by atoms with Gasteiger partial charge in [-0.3, -0.25) is 6.08 Å². The van der Waals surface area contributed by atoms with Gasteiger partial charge in [0.2, 0.25) is 0 Å². The maximum Gasteiger partial charge on any atom is 4.00 e. The van der Waals surface area contributed by atoms with E-state index in [1.54, 1.807) is 0 Å². The molecule has 4 heteroatoms. The summed E-state index contributed by atoms with van der Waals surface area (Å²) < 4.78 is 0. The van der Waals surface area contributed by atoms with E-state index in [-0.39, 0.29) is 73.8 Å². The molecular weight excluding hydrogens is 322 g/mol. The summed E-state index contributed by atoms with van der Waals surface area (Å²) in [5.41, 5.74) is 1.07. The van der Waals surface area contributed by atoms with E-state index in [0.717, 1.165) is 12.0 Å². The van der Waals surface area contributed by atoms with Crippen LogP contribution in [0.5, 0.6) is 0 Å². The maximum absolute atomic E-state index is 3.72. The van der Waals surface area contributed by atoms with Gasteiger partial charge in [-0.15, -0.1) is 55.8 Å². The molecule has 0 heterocycles. The Labute approximate surface area is 146 Å². The minimum Gasteiger partial charge on any atom is -0.358 e. The molecule has 0 aliphatic heterocycles. The summed E-state index contributed by atoms with van der Waals surface area (Å²) in [6, 6.07) is 9.87. The zero-order chi connectivity index (χ0) is 8.65. The molecule has 1 aliphatic rings. The Bertz CT molecular complexity index is 262. The van der Waals surface area contributed by atoms with E-state index in [4.69, 9.17) is 0 Å². The fourth-order valence-corrected chi connectivity index (χ4v) is 0.818. The van der Waals surface area contributed by atoms with Crippen LogP contribution in [0, 0.1) is 27.9 Å². The Kier molecular flexibility index (Phi) is 52.0. The monoisotopic (exact) mass is 342 g/mol. The molecule has 0 unspecified atom stereocenters. The normalized spacial score (nSPS) is 8.22.